The first-order valence-electron chi connectivity index (χ1n) is 7.28. The summed E-state index contributed by atoms with van der Waals surface area (Å²) < 4.78 is 5.27. The van der Waals surface area contributed by atoms with Crippen LogP contribution in [0.2, 0.25) is 0 Å². The predicted octanol–water partition coefficient (Wildman–Crippen LogP) is 1.56. The first-order valence-corrected chi connectivity index (χ1v) is 7.28. The summed E-state index contributed by atoms with van der Waals surface area (Å²) in [5, 5.41) is 3.27. The first kappa shape index (κ1) is 14.5. The van der Waals surface area contributed by atoms with E-state index in [0.29, 0.717) is 38.4 Å². The minimum atomic E-state index is 0.00311. The topological polar surface area (TPSA) is 67.4 Å². The minimum Gasteiger partial charge on any atom is -0.380 e. The molecule has 3 rings (SSSR count). The van der Waals surface area contributed by atoms with Gasteiger partial charge >= 0.3 is 0 Å². The quantitative estimate of drug-likeness (QED) is 0.928. The van der Waals surface area contributed by atoms with E-state index < -0.39 is 0 Å². The van der Waals surface area contributed by atoms with Crippen molar-refractivity contribution in [2.75, 3.05) is 31.6 Å². The van der Waals surface area contributed by atoms with Crippen molar-refractivity contribution < 1.29 is 9.53 Å². The molecule has 1 saturated heterocycles. The molecule has 0 saturated carbocycles. The third kappa shape index (κ3) is 3.59. The Bertz CT molecular complexity index is 627. The van der Waals surface area contributed by atoms with E-state index in [1.807, 2.05) is 18.2 Å². The Hall–Kier alpha value is -2.47. The van der Waals surface area contributed by atoms with Gasteiger partial charge in [0.25, 0.3) is 5.91 Å². The van der Waals surface area contributed by atoms with Crippen LogP contribution in [0.3, 0.4) is 0 Å². The van der Waals surface area contributed by atoms with Crippen LogP contribution in [0.15, 0.2) is 43.0 Å². The van der Waals surface area contributed by atoms with Crippen LogP contribution in [0.25, 0.3) is 0 Å². The maximum atomic E-state index is 12.4. The molecule has 6 nitrogen and oxygen atoms in total. The highest BCUT2D eigenvalue weighted by Gasteiger charge is 2.18. The zero-order chi connectivity index (χ0) is 15.2. The van der Waals surface area contributed by atoms with E-state index in [-0.39, 0.29) is 5.91 Å². The van der Waals surface area contributed by atoms with Crippen molar-refractivity contribution in [1.82, 2.24) is 14.9 Å². The maximum absolute atomic E-state index is 12.4. The summed E-state index contributed by atoms with van der Waals surface area (Å²) in [6.07, 6.45) is 6.84. The molecule has 0 unspecified atom stereocenters. The second kappa shape index (κ2) is 7.00. The monoisotopic (exact) mass is 298 g/mol. The lowest BCUT2D eigenvalue weighted by atomic mass is 10.2. The normalized spacial score (nSPS) is 14.6. The van der Waals surface area contributed by atoms with E-state index >= 15 is 0 Å². The summed E-state index contributed by atoms with van der Waals surface area (Å²) in [5.41, 5.74) is 2.55. The first-order chi connectivity index (χ1) is 10.8. The molecular weight excluding hydrogens is 280 g/mol. The Morgan fingerprint density at radius 3 is 2.73 bits per heavy atom. The Kier molecular flexibility index (Phi) is 4.60. The molecule has 2 aromatic heterocycles. The van der Waals surface area contributed by atoms with Gasteiger partial charge in [0.2, 0.25) is 0 Å². The number of hydrogen-bond donors (Lipinski definition) is 1. The molecule has 0 aromatic carbocycles. The molecule has 0 radical (unpaired) electrons. The van der Waals surface area contributed by atoms with Gasteiger partial charge in [0.1, 0.15) is 0 Å². The number of hydrogen-bond acceptors (Lipinski definition) is 5. The molecule has 3 heterocycles. The molecule has 1 aliphatic heterocycles. The third-order valence-corrected chi connectivity index (χ3v) is 3.53. The van der Waals surface area contributed by atoms with Gasteiger partial charge in [0.15, 0.2) is 0 Å². The van der Waals surface area contributed by atoms with Crippen molar-refractivity contribution in [2.45, 2.75) is 6.54 Å². The third-order valence-electron chi connectivity index (χ3n) is 3.53. The molecule has 1 amide bonds. The van der Waals surface area contributed by atoms with E-state index in [9.17, 15) is 4.79 Å². The molecule has 0 aliphatic carbocycles. The molecule has 114 valence electrons. The fourth-order valence-electron chi connectivity index (χ4n) is 2.31. The van der Waals surface area contributed by atoms with Crippen LogP contribution in [0, 0.1) is 0 Å². The van der Waals surface area contributed by atoms with E-state index in [0.717, 1.165) is 11.3 Å². The van der Waals surface area contributed by atoms with Crippen LogP contribution in [0.4, 0.5) is 5.69 Å². The molecule has 0 spiro atoms. The average Bonchev–Trinajstić information content (AvgIpc) is 2.61. The van der Waals surface area contributed by atoms with Gasteiger partial charge in [0.05, 0.1) is 24.5 Å². The smallest absolute Gasteiger partial charge is 0.255 e. The molecule has 2 aromatic rings. The highest BCUT2D eigenvalue weighted by Crippen LogP contribution is 2.13. The number of aromatic nitrogens is 2. The zero-order valence-corrected chi connectivity index (χ0v) is 12.2. The number of morpholine rings is 1. The second-order valence-electron chi connectivity index (χ2n) is 5.08. The van der Waals surface area contributed by atoms with Gasteiger partial charge in [0, 0.05) is 44.4 Å². The number of anilines is 1. The molecule has 22 heavy (non-hydrogen) atoms. The van der Waals surface area contributed by atoms with Gasteiger partial charge in [-0.2, -0.15) is 0 Å². The van der Waals surface area contributed by atoms with Crippen molar-refractivity contribution in [3.63, 3.8) is 0 Å². The number of rotatable bonds is 4. The highest BCUT2D eigenvalue weighted by molar-refractivity contribution is 5.94. The number of amides is 1. The van der Waals surface area contributed by atoms with Crippen molar-refractivity contribution in [3.05, 3.63) is 54.1 Å². The Morgan fingerprint density at radius 2 is 1.95 bits per heavy atom. The Balaban J connectivity index is 1.65. The lowest BCUT2D eigenvalue weighted by Crippen LogP contribution is -2.40. The van der Waals surface area contributed by atoms with E-state index in [2.05, 4.69) is 15.3 Å². The summed E-state index contributed by atoms with van der Waals surface area (Å²) in [6, 6.07) is 5.73. The van der Waals surface area contributed by atoms with Gasteiger partial charge in [-0.15, -0.1) is 0 Å². The summed E-state index contributed by atoms with van der Waals surface area (Å²) in [4.78, 5) is 22.4. The van der Waals surface area contributed by atoms with Crippen LogP contribution < -0.4 is 5.32 Å². The minimum absolute atomic E-state index is 0.00311. The average molecular weight is 298 g/mol. The number of nitrogens with one attached hydrogen (secondary N) is 1. The van der Waals surface area contributed by atoms with Crippen molar-refractivity contribution in [1.29, 1.82) is 0 Å². The van der Waals surface area contributed by atoms with Crippen molar-refractivity contribution in [2.24, 2.45) is 0 Å². The highest BCUT2D eigenvalue weighted by atomic mass is 16.5. The van der Waals surface area contributed by atoms with E-state index in [1.165, 1.54) is 0 Å². The van der Waals surface area contributed by atoms with E-state index in [1.54, 1.807) is 29.7 Å². The van der Waals surface area contributed by atoms with Crippen LogP contribution in [0.1, 0.15) is 15.9 Å². The van der Waals surface area contributed by atoms with Crippen LogP contribution in [0.5, 0.6) is 0 Å². The zero-order valence-electron chi connectivity index (χ0n) is 12.2. The van der Waals surface area contributed by atoms with Crippen LogP contribution in [-0.4, -0.2) is 47.1 Å². The van der Waals surface area contributed by atoms with Crippen LogP contribution >= 0.6 is 0 Å². The molecule has 1 fully saturated rings. The van der Waals surface area contributed by atoms with Crippen LogP contribution in [-0.2, 0) is 11.3 Å². The number of ether oxygens (including phenoxy) is 1. The summed E-state index contributed by atoms with van der Waals surface area (Å²) in [6.45, 7) is 3.12. The van der Waals surface area contributed by atoms with Gasteiger partial charge < -0.3 is 15.0 Å². The molecule has 1 aliphatic rings. The fourth-order valence-corrected chi connectivity index (χ4v) is 2.31. The van der Waals surface area contributed by atoms with Gasteiger partial charge in [-0.25, -0.2) is 0 Å². The number of pyridine rings is 2. The van der Waals surface area contributed by atoms with Crippen molar-refractivity contribution in [3.8, 4) is 0 Å². The number of carbonyl (C=O) groups excluding carboxylic acids is 1. The standard InChI is InChI=1S/C16H18N4O2/c21-16(20-5-7-22-8-6-20)14-9-15(12-18-11-14)19-10-13-1-3-17-4-2-13/h1-4,9,11-12,19H,5-8,10H2. The summed E-state index contributed by atoms with van der Waals surface area (Å²) >= 11 is 0. The molecular formula is C16H18N4O2. The summed E-state index contributed by atoms with van der Waals surface area (Å²) in [5.74, 6) is 0.00311. The second-order valence-corrected chi connectivity index (χ2v) is 5.08. The largest absolute Gasteiger partial charge is 0.380 e. The Labute approximate surface area is 129 Å². The van der Waals surface area contributed by atoms with Gasteiger partial charge in [-0.1, -0.05) is 0 Å². The molecule has 0 bridgehead atoms. The van der Waals surface area contributed by atoms with Gasteiger partial charge in [-0.05, 0) is 23.8 Å². The van der Waals surface area contributed by atoms with Crippen molar-refractivity contribution >= 4 is 11.6 Å². The lowest BCUT2D eigenvalue weighted by molar-refractivity contribution is 0.0302. The molecule has 6 heteroatoms. The predicted molar refractivity (Wildman–Crippen MR) is 82.5 cm³/mol. The maximum Gasteiger partial charge on any atom is 0.255 e. The lowest BCUT2D eigenvalue weighted by Gasteiger charge is -2.26. The molecule has 1 N–H and O–H groups in total. The fraction of sp³-hybridized carbons (Fsp3) is 0.312. The van der Waals surface area contributed by atoms with Gasteiger partial charge in [-0.3, -0.25) is 14.8 Å². The Morgan fingerprint density at radius 1 is 1.18 bits per heavy atom. The van der Waals surface area contributed by atoms with E-state index in [4.69, 9.17) is 4.74 Å². The number of carbonyl (C=O) groups is 1. The summed E-state index contributed by atoms with van der Waals surface area (Å²) in [7, 11) is 0. The SMILES string of the molecule is O=C(c1cncc(NCc2ccncc2)c1)N1CCOCC1. The number of nitrogens with zero attached hydrogens (tertiary/aromatic N) is 3. The molecule has 0 atom stereocenters.